The summed E-state index contributed by atoms with van der Waals surface area (Å²) in [6, 6.07) is 16.8. The van der Waals surface area contributed by atoms with Crippen LogP contribution in [-0.2, 0) is 6.42 Å². The van der Waals surface area contributed by atoms with Gasteiger partial charge >= 0.3 is 0 Å². The summed E-state index contributed by atoms with van der Waals surface area (Å²) in [6.45, 7) is 0. The van der Waals surface area contributed by atoms with Crippen LogP contribution in [0, 0.1) is 0 Å². The lowest BCUT2D eigenvalue weighted by Crippen LogP contribution is -1.96. The Labute approximate surface area is 127 Å². The summed E-state index contributed by atoms with van der Waals surface area (Å²) in [5, 5.41) is 0. The number of rotatable bonds is 3. The fourth-order valence-electron chi connectivity index (χ4n) is 1.69. The normalized spacial score (nSPS) is 12.4. The summed E-state index contributed by atoms with van der Waals surface area (Å²) < 4.78 is 2.22. The molecule has 0 heterocycles. The van der Waals surface area contributed by atoms with Crippen molar-refractivity contribution in [1.82, 2.24) is 0 Å². The second-order valence-electron chi connectivity index (χ2n) is 3.82. The molecule has 3 heteroatoms. The molecule has 2 aromatic carbocycles. The molecule has 2 rings (SSSR count). The highest BCUT2D eigenvalue weighted by atomic mass is 79.9. The summed E-state index contributed by atoms with van der Waals surface area (Å²) in [7, 11) is 0. The van der Waals surface area contributed by atoms with Crippen LogP contribution < -0.4 is 0 Å². The lowest BCUT2D eigenvalue weighted by atomic mass is 10.0. The van der Waals surface area contributed by atoms with E-state index < -0.39 is 0 Å². The van der Waals surface area contributed by atoms with Crippen molar-refractivity contribution in [2.45, 2.75) is 11.2 Å². The minimum Gasteiger partial charge on any atom is -0.0835 e. The first kappa shape index (κ1) is 13.3. The Balaban J connectivity index is 2.17. The van der Waals surface area contributed by atoms with Gasteiger partial charge in [-0.2, -0.15) is 0 Å². The van der Waals surface area contributed by atoms with Crippen LogP contribution in [-0.4, -0.2) is 0 Å². The highest BCUT2D eigenvalue weighted by Gasteiger charge is 2.11. The zero-order chi connectivity index (χ0) is 12.3. The van der Waals surface area contributed by atoms with Crippen molar-refractivity contribution in [3.63, 3.8) is 0 Å². The standard InChI is InChI=1S/C14H11Br3/c15-11-6-7-12(14(17)9-11)13(16)8-10-4-2-1-3-5-10/h1-7,9,13H,8H2. The summed E-state index contributed by atoms with van der Waals surface area (Å²) in [5.74, 6) is 0. The predicted octanol–water partition coefficient (Wildman–Crippen LogP) is 5.89. The SMILES string of the molecule is Brc1ccc(C(Br)Cc2ccccc2)c(Br)c1. The molecule has 1 unspecified atom stereocenters. The van der Waals surface area contributed by atoms with Crippen LogP contribution in [0.5, 0.6) is 0 Å². The molecule has 0 aliphatic carbocycles. The largest absolute Gasteiger partial charge is 0.0835 e. The molecule has 0 saturated carbocycles. The highest BCUT2D eigenvalue weighted by Crippen LogP contribution is 2.34. The lowest BCUT2D eigenvalue weighted by molar-refractivity contribution is 0.943. The Kier molecular flexibility index (Phi) is 4.83. The van der Waals surface area contributed by atoms with Gasteiger partial charge in [-0.15, -0.1) is 0 Å². The smallest absolute Gasteiger partial charge is 0.0446 e. The van der Waals surface area contributed by atoms with Crippen molar-refractivity contribution in [2.75, 3.05) is 0 Å². The van der Waals surface area contributed by atoms with Crippen LogP contribution in [0.25, 0.3) is 0 Å². The zero-order valence-electron chi connectivity index (χ0n) is 9.04. The number of benzene rings is 2. The molecular formula is C14H11Br3. The maximum absolute atomic E-state index is 3.75. The number of hydrogen-bond acceptors (Lipinski definition) is 0. The molecule has 0 aliphatic heterocycles. The Hall–Kier alpha value is -0.120. The number of hydrogen-bond donors (Lipinski definition) is 0. The molecule has 1 atom stereocenters. The lowest BCUT2D eigenvalue weighted by Gasteiger charge is -2.12. The van der Waals surface area contributed by atoms with Crippen molar-refractivity contribution in [3.8, 4) is 0 Å². The van der Waals surface area contributed by atoms with Gasteiger partial charge in [0.1, 0.15) is 0 Å². The first-order valence-electron chi connectivity index (χ1n) is 5.30. The average molecular weight is 419 g/mol. The predicted molar refractivity (Wildman–Crippen MR) is 83.7 cm³/mol. The number of halogens is 3. The maximum atomic E-state index is 3.75. The van der Waals surface area contributed by atoms with E-state index in [9.17, 15) is 0 Å². The van der Waals surface area contributed by atoms with E-state index in [1.54, 1.807) is 0 Å². The molecule has 88 valence electrons. The Bertz CT molecular complexity index is 494. The van der Waals surface area contributed by atoms with Crippen molar-refractivity contribution in [1.29, 1.82) is 0 Å². The molecular weight excluding hydrogens is 408 g/mol. The van der Waals surface area contributed by atoms with Gasteiger partial charge in [0, 0.05) is 13.8 Å². The minimum atomic E-state index is 0.326. The minimum absolute atomic E-state index is 0.326. The van der Waals surface area contributed by atoms with Crippen LogP contribution >= 0.6 is 47.8 Å². The monoisotopic (exact) mass is 416 g/mol. The van der Waals surface area contributed by atoms with Gasteiger partial charge < -0.3 is 0 Å². The van der Waals surface area contributed by atoms with E-state index in [1.165, 1.54) is 11.1 Å². The fourth-order valence-corrected chi connectivity index (χ4v) is 4.09. The van der Waals surface area contributed by atoms with E-state index in [4.69, 9.17) is 0 Å². The molecule has 0 nitrogen and oxygen atoms in total. The first-order valence-corrected chi connectivity index (χ1v) is 7.80. The molecule has 0 spiro atoms. The van der Waals surface area contributed by atoms with Crippen LogP contribution in [0.15, 0.2) is 57.5 Å². The van der Waals surface area contributed by atoms with E-state index in [-0.39, 0.29) is 0 Å². The van der Waals surface area contributed by atoms with Gasteiger partial charge in [-0.1, -0.05) is 84.2 Å². The third-order valence-corrected chi connectivity index (χ3v) is 4.55. The second kappa shape index (κ2) is 6.17. The molecule has 0 aromatic heterocycles. The zero-order valence-corrected chi connectivity index (χ0v) is 13.8. The van der Waals surface area contributed by atoms with Crippen LogP contribution in [0.4, 0.5) is 0 Å². The second-order valence-corrected chi connectivity index (χ2v) is 6.70. The first-order chi connectivity index (χ1) is 8.16. The highest BCUT2D eigenvalue weighted by molar-refractivity contribution is 9.11. The van der Waals surface area contributed by atoms with E-state index in [1.807, 2.05) is 6.07 Å². The topological polar surface area (TPSA) is 0 Å². The van der Waals surface area contributed by atoms with Gasteiger partial charge in [-0.05, 0) is 29.7 Å². The van der Waals surface area contributed by atoms with Crippen LogP contribution in [0.2, 0.25) is 0 Å². The number of alkyl halides is 1. The molecule has 0 amide bonds. The summed E-state index contributed by atoms with van der Waals surface area (Å²) in [5.41, 5.74) is 2.61. The van der Waals surface area contributed by atoms with Crippen molar-refractivity contribution >= 4 is 47.8 Å². The Morgan fingerprint density at radius 3 is 2.29 bits per heavy atom. The van der Waals surface area contributed by atoms with E-state index in [2.05, 4.69) is 90.3 Å². The molecule has 0 N–H and O–H groups in total. The quantitative estimate of drug-likeness (QED) is 0.545. The Morgan fingerprint density at radius 1 is 0.941 bits per heavy atom. The molecule has 17 heavy (non-hydrogen) atoms. The van der Waals surface area contributed by atoms with E-state index in [0.717, 1.165) is 15.4 Å². The Morgan fingerprint density at radius 2 is 1.65 bits per heavy atom. The summed E-state index contributed by atoms with van der Waals surface area (Å²) >= 11 is 10.8. The van der Waals surface area contributed by atoms with Gasteiger partial charge in [-0.25, -0.2) is 0 Å². The molecule has 0 saturated heterocycles. The van der Waals surface area contributed by atoms with E-state index in [0.29, 0.717) is 4.83 Å². The molecule has 0 radical (unpaired) electrons. The average Bonchev–Trinajstić information content (AvgIpc) is 2.30. The maximum Gasteiger partial charge on any atom is 0.0446 e. The van der Waals surface area contributed by atoms with Crippen molar-refractivity contribution in [3.05, 3.63) is 68.6 Å². The summed E-state index contributed by atoms with van der Waals surface area (Å²) in [6.07, 6.45) is 0.987. The fraction of sp³-hybridized carbons (Fsp3) is 0.143. The summed E-state index contributed by atoms with van der Waals surface area (Å²) in [4.78, 5) is 0.326. The van der Waals surface area contributed by atoms with Gasteiger partial charge in [-0.3, -0.25) is 0 Å². The third kappa shape index (κ3) is 3.67. The van der Waals surface area contributed by atoms with Crippen molar-refractivity contribution < 1.29 is 0 Å². The molecule has 0 fully saturated rings. The van der Waals surface area contributed by atoms with Crippen LogP contribution in [0.3, 0.4) is 0 Å². The molecule has 0 bridgehead atoms. The molecule has 0 aliphatic rings. The van der Waals surface area contributed by atoms with Gasteiger partial charge in [0.25, 0.3) is 0 Å². The van der Waals surface area contributed by atoms with E-state index >= 15 is 0 Å². The molecule has 2 aromatic rings. The van der Waals surface area contributed by atoms with Gasteiger partial charge in [0.15, 0.2) is 0 Å². The van der Waals surface area contributed by atoms with Gasteiger partial charge in [0.05, 0.1) is 0 Å². The third-order valence-electron chi connectivity index (χ3n) is 2.56. The van der Waals surface area contributed by atoms with Crippen molar-refractivity contribution in [2.24, 2.45) is 0 Å². The van der Waals surface area contributed by atoms with Gasteiger partial charge in [0.2, 0.25) is 0 Å². The van der Waals surface area contributed by atoms with Crippen LogP contribution in [0.1, 0.15) is 16.0 Å².